The molecule has 0 aliphatic carbocycles. The maximum atomic E-state index is 12.8. The number of nitrogens with one attached hydrogen (secondary N) is 2. The zero-order chi connectivity index (χ0) is 21.4. The molecule has 0 fully saturated rings. The van der Waals surface area contributed by atoms with E-state index in [1.165, 1.54) is 6.08 Å². The summed E-state index contributed by atoms with van der Waals surface area (Å²) in [7, 11) is 0. The van der Waals surface area contributed by atoms with E-state index in [-0.39, 0.29) is 18.0 Å². The Balaban J connectivity index is 2.28. The third-order valence-corrected chi connectivity index (χ3v) is 4.55. The zero-order valence-corrected chi connectivity index (χ0v) is 17.8. The lowest BCUT2D eigenvalue weighted by Crippen LogP contribution is -2.45. The average Bonchev–Trinajstić information content (AvgIpc) is 2.67. The van der Waals surface area contributed by atoms with Crippen molar-refractivity contribution in [2.24, 2.45) is 5.92 Å². The van der Waals surface area contributed by atoms with E-state index in [9.17, 15) is 19.5 Å². The number of aliphatic carboxylic acids is 1. The van der Waals surface area contributed by atoms with Gasteiger partial charge >= 0.3 is 5.97 Å². The van der Waals surface area contributed by atoms with Crippen LogP contribution >= 0.6 is 15.9 Å². The fourth-order valence-corrected chi connectivity index (χ4v) is 2.86. The molecule has 0 heterocycles. The molecule has 152 valence electrons. The molecule has 2 aromatic carbocycles. The molecule has 6 nitrogen and oxygen atoms in total. The second-order valence-electron chi connectivity index (χ2n) is 6.92. The van der Waals surface area contributed by atoms with Gasteiger partial charge in [0.25, 0.3) is 11.8 Å². The van der Waals surface area contributed by atoms with Gasteiger partial charge in [-0.05, 0) is 48.2 Å². The van der Waals surface area contributed by atoms with E-state index in [2.05, 4.69) is 26.6 Å². The Labute approximate surface area is 178 Å². The van der Waals surface area contributed by atoms with Crippen molar-refractivity contribution in [3.63, 3.8) is 0 Å². The molecule has 1 atom stereocenters. The van der Waals surface area contributed by atoms with Gasteiger partial charge in [-0.3, -0.25) is 9.59 Å². The van der Waals surface area contributed by atoms with Crippen LogP contribution in [0.25, 0.3) is 6.08 Å². The number of carboxylic acid groups (broad SMARTS) is 1. The third-order valence-electron chi connectivity index (χ3n) is 4.02. The fraction of sp³-hybridized carbons (Fsp3) is 0.227. The van der Waals surface area contributed by atoms with Crippen molar-refractivity contribution in [2.75, 3.05) is 0 Å². The molecule has 0 aliphatic rings. The van der Waals surface area contributed by atoms with Gasteiger partial charge in [-0.15, -0.1) is 0 Å². The Kier molecular flexibility index (Phi) is 8.15. The van der Waals surface area contributed by atoms with Crippen molar-refractivity contribution < 1.29 is 19.5 Å². The van der Waals surface area contributed by atoms with Gasteiger partial charge in [0.1, 0.15) is 11.7 Å². The smallest absolute Gasteiger partial charge is 0.326 e. The van der Waals surface area contributed by atoms with Gasteiger partial charge in [0.15, 0.2) is 0 Å². The van der Waals surface area contributed by atoms with Gasteiger partial charge in [-0.1, -0.05) is 60.1 Å². The predicted octanol–water partition coefficient (Wildman–Crippen LogP) is 3.84. The van der Waals surface area contributed by atoms with Crippen molar-refractivity contribution in [1.29, 1.82) is 0 Å². The van der Waals surface area contributed by atoms with Gasteiger partial charge in [0.05, 0.1) is 0 Å². The number of carbonyl (C=O) groups is 3. The molecule has 3 N–H and O–H groups in total. The quantitative estimate of drug-likeness (QED) is 0.523. The number of rotatable bonds is 8. The molecule has 0 radical (unpaired) electrons. The largest absolute Gasteiger partial charge is 0.480 e. The number of carbonyl (C=O) groups excluding carboxylic acids is 2. The SMILES string of the molecule is CC(C)CC(NC(=O)C(=Cc1ccccc1)NC(=O)c1ccc(Br)cc1)C(=O)O. The molecular formula is C22H23BrN2O4. The highest BCUT2D eigenvalue weighted by molar-refractivity contribution is 9.10. The van der Waals surface area contributed by atoms with Gasteiger partial charge in [-0.2, -0.15) is 0 Å². The van der Waals surface area contributed by atoms with Crippen LogP contribution in [0.2, 0.25) is 0 Å². The first-order valence-corrected chi connectivity index (χ1v) is 9.93. The van der Waals surface area contributed by atoms with Crippen LogP contribution in [0.15, 0.2) is 64.8 Å². The van der Waals surface area contributed by atoms with Crippen LogP contribution in [0.4, 0.5) is 0 Å². The van der Waals surface area contributed by atoms with E-state index in [1.54, 1.807) is 48.5 Å². The van der Waals surface area contributed by atoms with Crippen LogP contribution < -0.4 is 10.6 Å². The predicted molar refractivity (Wildman–Crippen MR) is 115 cm³/mol. The molecule has 29 heavy (non-hydrogen) atoms. The lowest BCUT2D eigenvalue weighted by Gasteiger charge is -2.18. The first kappa shape index (κ1) is 22.4. The Hall–Kier alpha value is -2.93. The van der Waals surface area contributed by atoms with Crippen molar-refractivity contribution >= 4 is 39.8 Å². The number of amides is 2. The van der Waals surface area contributed by atoms with Crippen LogP contribution in [0, 0.1) is 5.92 Å². The molecule has 0 aromatic heterocycles. The minimum absolute atomic E-state index is 0.0286. The molecule has 2 rings (SSSR count). The highest BCUT2D eigenvalue weighted by Crippen LogP contribution is 2.12. The second kappa shape index (κ2) is 10.6. The highest BCUT2D eigenvalue weighted by atomic mass is 79.9. The topological polar surface area (TPSA) is 95.5 Å². The van der Waals surface area contributed by atoms with E-state index in [4.69, 9.17) is 0 Å². The first-order chi connectivity index (χ1) is 13.8. The van der Waals surface area contributed by atoms with E-state index in [0.717, 1.165) is 4.47 Å². The monoisotopic (exact) mass is 458 g/mol. The third kappa shape index (κ3) is 7.19. The molecule has 7 heteroatoms. The number of carboxylic acids is 1. The van der Waals surface area contributed by atoms with Crippen LogP contribution in [-0.4, -0.2) is 28.9 Å². The lowest BCUT2D eigenvalue weighted by molar-refractivity contribution is -0.141. The van der Waals surface area contributed by atoms with Gasteiger partial charge in [0, 0.05) is 10.0 Å². The first-order valence-electron chi connectivity index (χ1n) is 9.13. The fourth-order valence-electron chi connectivity index (χ4n) is 2.60. The minimum Gasteiger partial charge on any atom is -0.480 e. The number of halogens is 1. The van der Waals surface area contributed by atoms with Crippen molar-refractivity contribution in [3.05, 3.63) is 75.9 Å². The van der Waals surface area contributed by atoms with Gasteiger partial charge in [0.2, 0.25) is 0 Å². The molecular weight excluding hydrogens is 436 g/mol. The van der Waals surface area contributed by atoms with Gasteiger partial charge < -0.3 is 15.7 Å². The summed E-state index contributed by atoms with van der Waals surface area (Å²) in [4.78, 5) is 36.9. The summed E-state index contributed by atoms with van der Waals surface area (Å²) in [5, 5.41) is 14.5. The van der Waals surface area contributed by atoms with Crippen molar-refractivity contribution in [1.82, 2.24) is 10.6 Å². The maximum Gasteiger partial charge on any atom is 0.326 e. The summed E-state index contributed by atoms with van der Waals surface area (Å²) in [5.41, 5.74) is 1.04. The molecule has 2 aromatic rings. The summed E-state index contributed by atoms with van der Waals surface area (Å²) in [6.45, 7) is 3.75. The van der Waals surface area contributed by atoms with Gasteiger partial charge in [-0.25, -0.2) is 4.79 Å². The summed E-state index contributed by atoms with van der Waals surface area (Å²) in [6.07, 6.45) is 1.79. The number of benzene rings is 2. The van der Waals surface area contributed by atoms with E-state index < -0.39 is 23.8 Å². The van der Waals surface area contributed by atoms with Crippen LogP contribution in [0.3, 0.4) is 0 Å². The van der Waals surface area contributed by atoms with Crippen molar-refractivity contribution in [3.8, 4) is 0 Å². The van der Waals surface area contributed by atoms with E-state index in [1.807, 2.05) is 19.9 Å². The Bertz CT molecular complexity index is 893. The maximum absolute atomic E-state index is 12.8. The number of hydrogen-bond acceptors (Lipinski definition) is 3. The number of hydrogen-bond donors (Lipinski definition) is 3. The highest BCUT2D eigenvalue weighted by Gasteiger charge is 2.24. The molecule has 1 unspecified atom stereocenters. The molecule has 2 amide bonds. The average molecular weight is 459 g/mol. The standard InChI is InChI=1S/C22H23BrN2O4/c1-14(2)12-19(22(28)29)25-21(27)18(13-15-6-4-3-5-7-15)24-20(26)16-8-10-17(23)11-9-16/h3-11,13-14,19H,12H2,1-2H3,(H,24,26)(H,25,27)(H,28,29). The van der Waals surface area contributed by atoms with E-state index in [0.29, 0.717) is 11.1 Å². The van der Waals surface area contributed by atoms with E-state index >= 15 is 0 Å². The van der Waals surface area contributed by atoms with Crippen LogP contribution in [0.5, 0.6) is 0 Å². The molecule has 0 bridgehead atoms. The molecule has 0 saturated carbocycles. The summed E-state index contributed by atoms with van der Waals surface area (Å²) >= 11 is 3.31. The molecule has 0 aliphatic heterocycles. The minimum atomic E-state index is -1.12. The van der Waals surface area contributed by atoms with Crippen LogP contribution in [0.1, 0.15) is 36.2 Å². The second-order valence-corrected chi connectivity index (χ2v) is 7.84. The summed E-state index contributed by atoms with van der Waals surface area (Å²) in [6, 6.07) is 14.6. The molecule has 0 saturated heterocycles. The summed E-state index contributed by atoms with van der Waals surface area (Å²) < 4.78 is 0.824. The zero-order valence-electron chi connectivity index (χ0n) is 16.2. The molecule has 0 spiro atoms. The normalized spacial score (nSPS) is 12.3. The van der Waals surface area contributed by atoms with Crippen LogP contribution in [-0.2, 0) is 9.59 Å². The Morgan fingerprint density at radius 3 is 2.21 bits per heavy atom. The van der Waals surface area contributed by atoms with Crippen molar-refractivity contribution in [2.45, 2.75) is 26.3 Å². The summed E-state index contributed by atoms with van der Waals surface area (Å²) in [5.74, 6) is -2.17. The lowest BCUT2D eigenvalue weighted by atomic mass is 10.0. The Morgan fingerprint density at radius 2 is 1.66 bits per heavy atom. The Morgan fingerprint density at radius 1 is 1.03 bits per heavy atom.